The van der Waals surface area contributed by atoms with Crippen LogP contribution in [-0.4, -0.2) is 20.8 Å². The van der Waals surface area contributed by atoms with Crippen molar-refractivity contribution in [3.63, 3.8) is 0 Å². The quantitative estimate of drug-likeness (QED) is 0.670. The van der Waals surface area contributed by atoms with Crippen LogP contribution in [0.2, 0.25) is 11.1 Å². The van der Waals surface area contributed by atoms with Gasteiger partial charge in [0.2, 0.25) is 0 Å². The van der Waals surface area contributed by atoms with E-state index in [0.717, 1.165) is 6.42 Å². The maximum atomic E-state index is 6.66. The Bertz CT molecular complexity index is 284. The van der Waals surface area contributed by atoms with Gasteiger partial charge in [-0.1, -0.05) is 62.3 Å². The normalized spacial score (nSPS) is 28.4. The summed E-state index contributed by atoms with van der Waals surface area (Å²) >= 11 is 0. The molecule has 0 aromatic heterocycles. The molecule has 114 valence electrons. The van der Waals surface area contributed by atoms with Crippen molar-refractivity contribution in [2.45, 2.75) is 92.0 Å². The SMILES string of the molecule is CC(C)C1CC(C(C)(C)C)O[Si](C(C)C)(C(C)C)O1. The van der Waals surface area contributed by atoms with Crippen molar-refractivity contribution in [2.24, 2.45) is 11.3 Å². The van der Waals surface area contributed by atoms with Crippen molar-refractivity contribution in [1.82, 2.24) is 0 Å². The van der Waals surface area contributed by atoms with Crippen LogP contribution in [0.5, 0.6) is 0 Å². The van der Waals surface area contributed by atoms with E-state index in [1.807, 2.05) is 0 Å². The van der Waals surface area contributed by atoms with Gasteiger partial charge in [0, 0.05) is 0 Å². The highest BCUT2D eigenvalue weighted by Crippen LogP contribution is 2.45. The lowest BCUT2D eigenvalue weighted by Crippen LogP contribution is -2.60. The third-order valence-corrected chi connectivity index (χ3v) is 8.97. The number of hydrogen-bond donors (Lipinski definition) is 0. The molecule has 0 spiro atoms. The fraction of sp³-hybridized carbons (Fsp3) is 1.00. The zero-order chi connectivity index (χ0) is 15.0. The number of rotatable bonds is 3. The third kappa shape index (κ3) is 3.62. The van der Waals surface area contributed by atoms with Gasteiger partial charge < -0.3 is 8.85 Å². The van der Waals surface area contributed by atoms with Crippen LogP contribution in [0.25, 0.3) is 0 Å². The second kappa shape index (κ2) is 5.86. The standard InChI is InChI=1S/C16H34O2Si/c1-11(2)14-10-15(16(7,8)9)18-19(17-14,12(3)4)13(5)6/h11-15H,10H2,1-9H3. The summed E-state index contributed by atoms with van der Waals surface area (Å²) in [6, 6.07) is 0. The molecule has 1 aliphatic heterocycles. The van der Waals surface area contributed by atoms with Crippen LogP contribution in [0.4, 0.5) is 0 Å². The van der Waals surface area contributed by atoms with Crippen molar-refractivity contribution in [3.05, 3.63) is 0 Å². The molecule has 1 heterocycles. The largest absolute Gasteiger partial charge is 0.390 e. The van der Waals surface area contributed by atoms with Crippen LogP contribution in [0.3, 0.4) is 0 Å². The highest BCUT2D eigenvalue weighted by Gasteiger charge is 2.53. The smallest absolute Gasteiger partial charge is 0.343 e. The van der Waals surface area contributed by atoms with E-state index in [9.17, 15) is 0 Å². The lowest BCUT2D eigenvalue weighted by molar-refractivity contribution is -0.0681. The molecule has 1 saturated heterocycles. The molecule has 2 nitrogen and oxygen atoms in total. The van der Waals surface area contributed by atoms with E-state index in [4.69, 9.17) is 8.85 Å². The third-order valence-electron chi connectivity index (χ3n) is 4.43. The van der Waals surface area contributed by atoms with Crippen LogP contribution in [0, 0.1) is 11.3 Å². The molecule has 0 amide bonds. The molecule has 0 saturated carbocycles. The van der Waals surface area contributed by atoms with E-state index in [0.29, 0.717) is 29.2 Å². The van der Waals surface area contributed by atoms with Crippen LogP contribution < -0.4 is 0 Å². The van der Waals surface area contributed by atoms with Crippen LogP contribution in [0.1, 0.15) is 68.7 Å². The Labute approximate surface area is 121 Å². The second-order valence-electron chi connectivity index (χ2n) is 8.14. The topological polar surface area (TPSA) is 18.5 Å². The zero-order valence-corrected chi connectivity index (χ0v) is 15.4. The Morgan fingerprint density at radius 1 is 0.895 bits per heavy atom. The van der Waals surface area contributed by atoms with Crippen molar-refractivity contribution in [3.8, 4) is 0 Å². The lowest BCUT2D eigenvalue weighted by Gasteiger charge is -2.51. The van der Waals surface area contributed by atoms with Gasteiger partial charge in [0.1, 0.15) is 0 Å². The van der Waals surface area contributed by atoms with Gasteiger partial charge in [-0.25, -0.2) is 0 Å². The van der Waals surface area contributed by atoms with Gasteiger partial charge in [0.05, 0.1) is 12.2 Å². The molecule has 1 rings (SSSR count). The van der Waals surface area contributed by atoms with Crippen LogP contribution >= 0.6 is 0 Å². The van der Waals surface area contributed by atoms with Crippen molar-refractivity contribution in [2.75, 3.05) is 0 Å². The van der Waals surface area contributed by atoms with E-state index < -0.39 is 8.56 Å². The van der Waals surface area contributed by atoms with Gasteiger partial charge in [0.15, 0.2) is 0 Å². The summed E-state index contributed by atoms with van der Waals surface area (Å²) in [5, 5.41) is 0. The maximum Gasteiger partial charge on any atom is 0.343 e. The Morgan fingerprint density at radius 3 is 1.68 bits per heavy atom. The fourth-order valence-electron chi connectivity index (χ4n) is 2.94. The van der Waals surface area contributed by atoms with Crippen LogP contribution in [-0.2, 0) is 8.85 Å². The van der Waals surface area contributed by atoms with Crippen LogP contribution in [0.15, 0.2) is 0 Å². The molecular formula is C16H34O2Si. The van der Waals surface area contributed by atoms with Gasteiger partial charge in [-0.05, 0) is 28.8 Å². The summed E-state index contributed by atoms with van der Waals surface area (Å²) in [6.45, 7) is 20.5. The predicted octanol–water partition coefficient (Wildman–Crippen LogP) is 5.12. The molecule has 0 aliphatic carbocycles. The molecule has 19 heavy (non-hydrogen) atoms. The summed E-state index contributed by atoms with van der Waals surface area (Å²) in [5.74, 6) is 0.568. The molecule has 1 aliphatic rings. The minimum Gasteiger partial charge on any atom is -0.390 e. The Morgan fingerprint density at radius 2 is 1.37 bits per heavy atom. The van der Waals surface area contributed by atoms with Crippen molar-refractivity contribution < 1.29 is 8.85 Å². The minimum absolute atomic E-state index is 0.193. The number of hydrogen-bond acceptors (Lipinski definition) is 2. The molecule has 3 heteroatoms. The first kappa shape index (κ1) is 17.2. The van der Waals surface area contributed by atoms with E-state index in [2.05, 4.69) is 62.3 Å². The summed E-state index contributed by atoms with van der Waals surface area (Å²) < 4.78 is 13.3. The van der Waals surface area contributed by atoms with E-state index in [1.165, 1.54) is 0 Å². The second-order valence-corrected chi connectivity index (χ2v) is 12.4. The fourth-order valence-corrected chi connectivity index (χ4v) is 7.16. The minimum atomic E-state index is -2.14. The summed E-state index contributed by atoms with van der Waals surface area (Å²) in [7, 11) is -2.14. The van der Waals surface area contributed by atoms with E-state index in [1.54, 1.807) is 0 Å². The highest BCUT2D eigenvalue weighted by molar-refractivity contribution is 6.70. The Balaban J connectivity index is 3.10. The first-order valence-corrected chi connectivity index (χ1v) is 9.83. The Hall–Kier alpha value is 0.137. The highest BCUT2D eigenvalue weighted by atomic mass is 28.4. The molecule has 2 atom stereocenters. The average molecular weight is 287 g/mol. The first-order valence-electron chi connectivity index (χ1n) is 7.86. The Kier molecular flexibility index (Phi) is 5.31. The molecule has 0 aromatic carbocycles. The lowest BCUT2D eigenvalue weighted by atomic mass is 9.84. The maximum absolute atomic E-state index is 6.66. The molecule has 0 bridgehead atoms. The van der Waals surface area contributed by atoms with E-state index in [-0.39, 0.29) is 5.41 Å². The zero-order valence-electron chi connectivity index (χ0n) is 14.4. The molecule has 0 aromatic rings. The summed E-state index contributed by atoms with van der Waals surface area (Å²) in [6.07, 6.45) is 1.72. The molecule has 0 N–H and O–H groups in total. The molecule has 2 unspecified atom stereocenters. The predicted molar refractivity (Wildman–Crippen MR) is 84.6 cm³/mol. The monoisotopic (exact) mass is 286 g/mol. The van der Waals surface area contributed by atoms with Gasteiger partial charge in [-0.15, -0.1) is 0 Å². The molecule has 1 fully saturated rings. The first-order chi connectivity index (χ1) is 8.50. The summed E-state index contributed by atoms with van der Waals surface area (Å²) in [5.41, 5.74) is 1.19. The average Bonchev–Trinajstić information content (AvgIpc) is 2.26. The summed E-state index contributed by atoms with van der Waals surface area (Å²) in [4.78, 5) is 0. The molecular weight excluding hydrogens is 252 g/mol. The van der Waals surface area contributed by atoms with Gasteiger partial charge in [0.25, 0.3) is 0 Å². The van der Waals surface area contributed by atoms with Gasteiger partial charge in [-0.2, -0.15) is 0 Å². The van der Waals surface area contributed by atoms with Gasteiger partial charge in [-0.3, -0.25) is 0 Å². The van der Waals surface area contributed by atoms with Crippen molar-refractivity contribution >= 4 is 8.56 Å². The van der Waals surface area contributed by atoms with E-state index >= 15 is 0 Å². The van der Waals surface area contributed by atoms with Crippen molar-refractivity contribution in [1.29, 1.82) is 0 Å². The molecule has 0 radical (unpaired) electrons. The van der Waals surface area contributed by atoms with Gasteiger partial charge >= 0.3 is 8.56 Å².